The van der Waals surface area contributed by atoms with Crippen LogP contribution in [0.1, 0.15) is 26.8 Å². The van der Waals surface area contributed by atoms with Crippen LogP contribution in [0.15, 0.2) is 12.1 Å². The quantitative estimate of drug-likeness (QED) is 0.915. The highest BCUT2D eigenvalue weighted by Gasteiger charge is 2.14. The van der Waals surface area contributed by atoms with Crippen molar-refractivity contribution in [2.75, 3.05) is 14.2 Å². The lowest BCUT2D eigenvalue weighted by atomic mass is 10.1. The Labute approximate surface area is 127 Å². The van der Waals surface area contributed by atoms with Crippen LogP contribution in [0.25, 0.3) is 0 Å². The third-order valence-electron chi connectivity index (χ3n) is 3.07. The van der Waals surface area contributed by atoms with Crippen LogP contribution in [-0.2, 0) is 6.54 Å². The Morgan fingerprint density at radius 2 is 2.05 bits per heavy atom. The molecule has 112 valence electrons. The number of hydrogen-bond acceptors (Lipinski definition) is 6. The molecule has 0 saturated heterocycles. The van der Waals surface area contributed by atoms with Gasteiger partial charge in [0.15, 0.2) is 11.5 Å². The Morgan fingerprint density at radius 1 is 1.29 bits per heavy atom. The number of methoxy groups -OCH3 is 2. The molecular weight excluding hydrogens is 290 g/mol. The maximum atomic E-state index is 12.0. The third kappa shape index (κ3) is 3.30. The Morgan fingerprint density at radius 3 is 2.62 bits per heavy atom. The zero-order valence-corrected chi connectivity index (χ0v) is 13.2. The maximum Gasteiger partial charge on any atom is 0.282 e. The van der Waals surface area contributed by atoms with E-state index >= 15 is 0 Å². The van der Waals surface area contributed by atoms with Crippen LogP contribution in [0.5, 0.6) is 11.5 Å². The summed E-state index contributed by atoms with van der Waals surface area (Å²) in [4.78, 5) is 16.0. The first-order chi connectivity index (χ1) is 10.1. The van der Waals surface area contributed by atoms with Gasteiger partial charge in [0.05, 0.1) is 14.2 Å². The van der Waals surface area contributed by atoms with Gasteiger partial charge in [0.2, 0.25) is 5.01 Å². The molecule has 6 nitrogen and oxygen atoms in total. The number of nitrogens with zero attached hydrogens (tertiary/aromatic N) is 2. The van der Waals surface area contributed by atoms with E-state index in [2.05, 4.69) is 14.7 Å². The standard InChI is InChI=1S/C14H17N3O3S/c1-8-10(5-6-11(19-3)12(8)20-4)7-15-13(18)14-16-9(2)17-21-14/h5-6H,7H2,1-4H3,(H,15,18). The third-order valence-corrected chi connectivity index (χ3v) is 3.87. The van der Waals surface area contributed by atoms with Crippen LogP contribution < -0.4 is 14.8 Å². The van der Waals surface area contributed by atoms with Gasteiger partial charge in [-0.2, -0.15) is 4.37 Å². The van der Waals surface area contributed by atoms with Crippen molar-refractivity contribution in [3.63, 3.8) is 0 Å². The van der Waals surface area contributed by atoms with Gasteiger partial charge in [-0.25, -0.2) is 4.98 Å². The van der Waals surface area contributed by atoms with Gasteiger partial charge in [-0.1, -0.05) is 6.07 Å². The minimum atomic E-state index is -0.227. The zero-order chi connectivity index (χ0) is 15.4. The van der Waals surface area contributed by atoms with Crippen LogP contribution in [0.3, 0.4) is 0 Å². The summed E-state index contributed by atoms with van der Waals surface area (Å²) in [6.45, 7) is 4.08. The summed E-state index contributed by atoms with van der Waals surface area (Å²) in [5.41, 5.74) is 1.90. The van der Waals surface area contributed by atoms with Gasteiger partial charge in [0, 0.05) is 6.54 Å². The maximum absolute atomic E-state index is 12.0. The van der Waals surface area contributed by atoms with Crippen molar-refractivity contribution < 1.29 is 14.3 Å². The number of hydrogen-bond donors (Lipinski definition) is 1. The van der Waals surface area contributed by atoms with E-state index in [-0.39, 0.29) is 5.91 Å². The van der Waals surface area contributed by atoms with Gasteiger partial charge in [-0.05, 0) is 42.6 Å². The summed E-state index contributed by atoms with van der Waals surface area (Å²) in [6.07, 6.45) is 0. The van der Waals surface area contributed by atoms with E-state index in [0.29, 0.717) is 28.9 Å². The smallest absolute Gasteiger partial charge is 0.282 e. The number of aryl methyl sites for hydroxylation is 1. The van der Waals surface area contributed by atoms with Crippen molar-refractivity contribution >= 4 is 17.4 Å². The molecule has 0 spiro atoms. The summed E-state index contributed by atoms with van der Waals surface area (Å²) in [7, 11) is 3.19. The normalized spacial score (nSPS) is 10.3. The average Bonchev–Trinajstić information content (AvgIpc) is 2.92. The molecule has 0 radical (unpaired) electrons. The lowest BCUT2D eigenvalue weighted by Crippen LogP contribution is -2.23. The lowest BCUT2D eigenvalue weighted by molar-refractivity contribution is 0.0950. The summed E-state index contributed by atoms with van der Waals surface area (Å²) in [5.74, 6) is 1.73. The van der Waals surface area contributed by atoms with Gasteiger partial charge in [-0.3, -0.25) is 4.79 Å². The SMILES string of the molecule is COc1ccc(CNC(=O)c2nc(C)ns2)c(C)c1OC. The number of carbonyl (C=O) groups excluding carboxylic acids is 1. The number of nitrogens with one attached hydrogen (secondary N) is 1. The molecule has 1 aromatic heterocycles. The number of amides is 1. The topological polar surface area (TPSA) is 73.3 Å². The fourth-order valence-corrected chi connectivity index (χ4v) is 2.54. The molecule has 0 bridgehead atoms. The molecule has 0 aliphatic rings. The molecule has 2 aromatic rings. The molecule has 1 aromatic carbocycles. The predicted octanol–water partition coefficient (Wildman–Crippen LogP) is 2.10. The van der Waals surface area contributed by atoms with Crippen LogP contribution in [0.2, 0.25) is 0 Å². The van der Waals surface area contributed by atoms with Gasteiger partial charge in [0.25, 0.3) is 5.91 Å². The van der Waals surface area contributed by atoms with E-state index in [0.717, 1.165) is 22.7 Å². The van der Waals surface area contributed by atoms with E-state index < -0.39 is 0 Å². The van der Waals surface area contributed by atoms with E-state index in [1.807, 2.05) is 19.1 Å². The van der Waals surface area contributed by atoms with E-state index in [1.165, 1.54) is 0 Å². The second-order valence-electron chi connectivity index (χ2n) is 4.41. The summed E-state index contributed by atoms with van der Waals surface area (Å²) in [6, 6.07) is 3.73. The first-order valence-corrected chi connectivity index (χ1v) is 7.13. The molecule has 0 aliphatic heterocycles. The molecule has 0 aliphatic carbocycles. The highest BCUT2D eigenvalue weighted by Crippen LogP contribution is 2.32. The predicted molar refractivity (Wildman–Crippen MR) is 80.1 cm³/mol. The second-order valence-corrected chi connectivity index (χ2v) is 5.17. The lowest BCUT2D eigenvalue weighted by Gasteiger charge is -2.14. The molecule has 2 rings (SSSR count). The summed E-state index contributed by atoms with van der Waals surface area (Å²) >= 11 is 1.09. The molecule has 7 heteroatoms. The van der Waals surface area contributed by atoms with E-state index in [1.54, 1.807) is 21.1 Å². The molecule has 0 unspecified atom stereocenters. The monoisotopic (exact) mass is 307 g/mol. The Balaban J connectivity index is 2.11. The summed E-state index contributed by atoms with van der Waals surface area (Å²) < 4.78 is 14.6. The molecule has 1 N–H and O–H groups in total. The van der Waals surface area contributed by atoms with Crippen molar-refractivity contribution in [2.24, 2.45) is 0 Å². The van der Waals surface area contributed by atoms with Crippen molar-refractivity contribution in [3.05, 3.63) is 34.1 Å². The Bertz CT molecular complexity index is 655. The molecule has 0 atom stereocenters. The molecule has 21 heavy (non-hydrogen) atoms. The van der Waals surface area contributed by atoms with Crippen LogP contribution in [-0.4, -0.2) is 29.5 Å². The minimum absolute atomic E-state index is 0.227. The fourth-order valence-electron chi connectivity index (χ4n) is 1.95. The van der Waals surface area contributed by atoms with Crippen LogP contribution in [0.4, 0.5) is 0 Å². The molecule has 1 heterocycles. The highest BCUT2D eigenvalue weighted by atomic mass is 32.1. The number of aromatic nitrogens is 2. The van der Waals surface area contributed by atoms with Gasteiger partial charge in [-0.15, -0.1) is 0 Å². The van der Waals surface area contributed by atoms with Crippen molar-refractivity contribution in [3.8, 4) is 11.5 Å². The van der Waals surface area contributed by atoms with E-state index in [4.69, 9.17) is 9.47 Å². The Hall–Kier alpha value is -2.15. The minimum Gasteiger partial charge on any atom is -0.493 e. The fraction of sp³-hybridized carbons (Fsp3) is 0.357. The highest BCUT2D eigenvalue weighted by molar-refractivity contribution is 7.07. The molecule has 0 saturated carbocycles. The number of ether oxygens (including phenoxy) is 2. The molecule has 0 fully saturated rings. The number of rotatable bonds is 5. The average molecular weight is 307 g/mol. The first-order valence-electron chi connectivity index (χ1n) is 6.35. The van der Waals surface area contributed by atoms with Gasteiger partial charge < -0.3 is 14.8 Å². The molecule has 1 amide bonds. The van der Waals surface area contributed by atoms with Crippen molar-refractivity contribution in [2.45, 2.75) is 20.4 Å². The van der Waals surface area contributed by atoms with Crippen molar-refractivity contribution in [1.29, 1.82) is 0 Å². The van der Waals surface area contributed by atoms with Gasteiger partial charge in [0.1, 0.15) is 5.82 Å². The van der Waals surface area contributed by atoms with E-state index in [9.17, 15) is 4.79 Å². The second kappa shape index (κ2) is 6.53. The summed E-state index contributed by atoms with van der Waals surface area (Å²) in [5, 5.41) is 3.20. The zero-order valence-electron chi connectivity index (χ0n) is 12.4. The molecular formula is C14H17N3O3S. The van der Waals surface area contributed by atoms with Gasteiger partial charge >= 0.3 is 0 Å². The largest absolute Gasteiger partial charge is 0.493 e. The first kappa shape index (κ1) is 15.2. The Kier molecular flexibility index (Phi) is 4.74. The van der Waals surface area contributed by atoms with Crippen LogP contribution >= 0.6 is 11.5 Å². The number of carbonyl (C=O) groups is 1. The number of benzene rings is 1. The van der Waals surface area contributed by atoms with Crippen LogP contribution in [0, 0.1) is 13.8 Å². The van der Waals surface area contributed by atoms with Crippen molar-refractivity contribution in [1.82, 2.24) is 14.7 Å².